The number of likely N-dealkylation sites (N-methyl/N-ethyl adjacent to an activating group) is 1. The quantitative estimate of drug-likeness (QED) is 0.796. The maximum atomic E-state index is 5.16. The Balaban J connectivity index is 2.17. The number of aromatic nitrogens is 2. The van der Waals surface area contributed by atoms with Gasteiger partial charge < -0.3 is 10.1 Å². The van der Waals surface area contributed by atoms with Crippen LogP contribution < -0.4 is 10.1 Å². The van der Waals surface area contributed by atoms with Gasteiger partial charge in [0, 0.05) is 29.1 Å². The van der Waals surface area contributed by atoms with Crippen LogP contribution in [0.2, 0.25) is 0 Å². The second-order valence-corrected chi connectivity index (χ2v) is 5.52. The Morgan fingerprint density at radius 3 is 2.62 bits per heavy atom. The lowest BCUT2D eigenvalue weighted by molar-refractivity contribution is 0.395. The molecule has 1 heterocycles. The van der Waals surface area contributed by atoms with Crippen molar-refractivity contribution in [2.75, 3.05) is 19.9 Å². The highest BCUT2D eigenvalue weighted by molar-refractivity contribution is 7.98. The van der Waals surface area contributed by atoms with Crippen LogP contribution in [0.5, 0.6) is 5.88 Å². The summed E-state index contributed by atoms with van der Waals surface area (Å²) in [5.41, 5.74) is 2.24. The van der Waals surface area contributed by atoms with E-state index in [2.05, 4.69) is 52.7 Å². The van der Waals surface area contributed by atoms with E-state index < -0.39 is 0 Å². The largest absolute Gasteiger partial charge is 0.481 e. The molecule has 0 aliphatic carbocycles. The normalized spacial score (nSPS) is 12.1. The van der Waals surface area contributed by atoms with Crippen LogP contribution in [0.25, 0.3) is 0 Å². The number of nitrogens with one attached hydrogen (secondary N) is 1. The van der Waals surface area contributed by atoms with Crippen LogP contribution >= 0.6 is 11.8 Å². The minimum Gasteiger partial charge on any atom is -0.481 e. The third-order valence-corrected chi connectivity index (χ3v) is 4.03. The molecule has 5 heteroatoms. The minimum atomic E-state index is 0.241. The molecule has 1 N–H and O–H groups in total. The molecule has 0 fully saturated rings. The summed E-state index contributed by atoms with van der Waals surface area (Å²) in [6.45, 7) is 3.03. The van der Waals surface area contributed by atoms with Crippen molar-refractivity contribution >= 4 is 11.8 Å². The van der Waals surface area contributed by atoms with E-state index in [4.69, 9.17) is 4.74 Å². The smallest absolute Gasteiger partial charge is 0.216 e. The maximum absolute atomic E-state index is 5.16. The molecule has 21 heavy (non-hydrogen) atoms. The van der Waals surface area contributed by atoms with Crippen LogP contribution in [0, 0.1) is 0 Å². The zero-order valence-corrected chi connectivity index (χ0v) is 13.5. The number of benzene rings is 1. The number of thioether (sulfide) groups is 1. The van der Waals surface area contributed by atoms with Crippen molar-refractivity contribution in [3.8, 4) is 5.88 Å². The van der Waals surface area contributed by atoms with E-state index in [1.807, 2.05) is 6.07 Å². The van der Waals surface area contributed by atoms with Gasteiger partial charge >= 0.3 is 0 Å². The zero-order valence-electron chi connectivity index (χ0n) is 12.7. The molecule has 0 radical (unpaired) electrons. The summed E-state index contributed by atoms with van der Waals surface area (Å²) in [6, 6.07) is 10.8. The Bertz CT molecular complexity index is 560. The maximum Gasteiger partial charge on any atom is 0.216 e. The van der Waals surface area contributed by atoms with Gasteiger partial charge in [-0.2, -0.15) is 0 Å². The summed E-state index contributed by atoms with van der Waals surface area (Å²) in [5.74, 6) is 0.605. The number of nitrogens with zero attached hydrogens (tertiary/aromatic N) is 2. The van der Waals surface area contributed by atoms with Gasteiger partial charge in [-0.1, -0.05) is 19.1 Å². The number of methoxy groups -OCH3 is 1. The minimum absolute atomic E-state index is 0.241. The number of hydrogen-bond acceptors (Lipinski definition) is 5. The molecule has 0 saturated carbocycles. The molecule has 0 spiro atoms. The monoisotopic (exact) mass is 303 g/mol. The molecule has 0 amide bonds. The summed E-state index contributed by atoms with van der Waals surface area (Å²) in [6.07, 6.45) is 4.45. The van der Waals surface area contributed by atoms with Crippen LogP contribution in [-0.2, 0) is 6.42 Å². The molecule has 112 valence electrons. The molecule has 0 aliphatic rings. The van der Waals surface area contributed by atoms with Gasteiger partial charge in [0.15, 0.2) is 0 Å². The van der Waals surface area contributed by atoms with Gasteiger partial charge in [-0.25, -0.2) is 9.97 Å². The highest BCUT2D eigenvalue weighted by atomic mass is 32.2. The second kappa shape index (κ2) is 8.00. The molecular weight excluding hydrogens is 282 g/mol. The van der Waals surface area contributed by atoms with Crippen molar-refractivity contribution < 1.29 is 4.74 Å². The van der Waals surface area contributed by atoms with Crippen molar-refractivity contribution in [3.63, 3.8) is 0 Å². The topological polar surface area (TPSA) is 47.0 Å². The van der Waals surface area contributed by atoms with E-state index >= 15 is 0 Å². The average Bonchev–Trinajstić information content (AvgIpc) is 2.55. The Morgan fingerprint density at radius 1 is 1.24 bits per heavy atom. The van der Waals surface area contributed by atoms with E-state index in [0.29, 0.717) is 5.88 Å². The first kappa shape index (κ1) is 15.8. The van der Waals surface area contributed by atoms with Crippen LogP contribution in [0.3, 0.4) is 0 Å². The standard InChI is InChI=1S/C16H21N3OS/c1-4-17-15(12-5-7-14(21-3)8-6-12)9-13-10-16(20-2)19-11-18-13/h5-8,10-11,15,17H,4,9H2,1-3H3. The van der Waals surface area contributed by atoms with Crippen LogP contribution in [0.1, 0.15) is 24.2 Å². The van der Waals surface area contributed by atoms with Crippen molar-refractivity contribution in [3.05, 3.63) is 47.9 Å². The van der Waals surface area contributed by atoms with E-state index in [1.54, 1.807) is 25.2 Å². The Kier molecular flexibility index (Phi) is 6.02. The highest BCUT2D eigenvalue weighted by Crippen LogP contribution is 2.22. The highest BCUT2D eigenvalue weighted by Gasteiger charge is 2.12. The molecule has 4 nitrogen and oxygen atoms in total. The van der Waals surface area contributed by atoms with Gasteiger partial charge in [-0.15, -0.1) is 11.8 Å². The van der Waals surface area contributed by atoms with Crippen LogP contribution in [0.15, 0.2) is 41.6 Å². The predicted molar refractivity (Wildman–Crippen MR) is 86.9 cm³/mol. The molecule has 0 bridgehead atoms. The van der Waals surface area contributed by atoms with Gasteiger partial charge in [0.25, 0.3) is 0 Å². The lowest BCUT2D eigenvalue weighted by Gasteiger charge is -2.18. The molecular formula is C16H21N3OS. The molecule has 1 unspecified atom stereocenters. The van der Waals surface area contributed by atoms with Crippen molar-refractivity contribution in [2.24, 2.45) is 0 Å². The molecule has 0 aliphatic heterocycles. The SMILES string of the molecule is CCNC(Cc1cc(OC)ncn1)c1ccc(SC)cc1. The molecule has 0 saturated heterocycles. The molecule has 1 atom stereocenters. The first-order chi connectivity index (χ1) is 10.3. The lowest BCUT2D eigenvalue weighted by Crippen LogP contribution is -2.23. The molecule has 1 aromatic carbocycles. The average molecular weight is 303 g/mol. The Labute approximate surface area is 130 Å². The lowest BCUT2D eigenvalue weighted by atomic mass is 10.0. The van der Waals surface area contributed by atoms with E-state index in [-0.39, 0.29) is 6.04 Å². The van der Waals surface area contributed by atoms with E-state index in [1.165, 1.54) is 10.5 Å². The third kappa shape index (κ3) is 4.44. The first-order valence-electron chi connectivity index (χ1n) is 6.99. The van der Waals surface area contributed by atoms with Crippen LogP contribution in [0.4, 0.5) is 0 Å². The Morgan fingerprint density at radius 2 is 2.00 bits per heavy atom. The van der Waals surface area contributed by atoms with Gasteiger partial charge in [-0.05, 0) is 30.5 Å². The summed E-state index contributed by atoms with van der Waals surface area (Å²) >= 11 is 1.75. The fourth-order valence-electron chi connectivity index (χ4n) is 2.20. The third-order valence-electron chi connectivity index (χ3n) is 3.29. The van der Waals surface area contributed by atoms with E-state index in [0.717, 1.165) is 18.7 Å². The Hall–Kier alpha value is -1.59. The van der Waals surface area contributed by atoms with Gasteiger partial charge in [-0.3, -0.25) is 0 Å². The van der Waals surface area contributed by atoms with Gasteiger partial charge in [0.1, 0.15) is 6.33 Å². The molecule has 2 aromatic rings. The van der Waals surface area contributed by atoms with Gasteiger partial charge in [0.2, 0.25) is 5.88 Å². The van der Waals surface area contributed by atoms with Crippen molar-refractivity contribution in [1.29, 1.82) is 0 Å². The first-order valence-corrected chi connectivity index (χ1v) is 8.21. The summed E-state index contributed by atoms with van der Waals surface area (Å²) in [4.78, 5) is 9.66. The summed E-state index contributed by atoms with van der Waals surface area (Å²) < 4.78 is 5.16. The fourth-order valence-corrected chi connectivity index (χ4v) is 2.61. The zero-order chi connectivity index (χ0) is 15.1. The van der Waals surface area contributed by atoms with Gasteiger partial charge in [0.05, 0.1) is 7.11 Å². The molecule has 1 aromatic heterocycles. The second-order valence-electron chi connectivity index (χ2n) is 4.64. The molecule has 2 rings (SSSR count). The van der Waals surface area contributed by atoms with E-state index in [9.17, 15) is 0 Å². The predicted octanol–water partition coefficient (Wildman–Crippen LogP) is 3.10. The van der Waals surface area contributed by atoms with Crippen LogP contribution in [-0.4, -0.2) is 29.9 Å². The number of ether oxygens (including phenoxy) is 1. The summed E-state index contributed by atoms with van der Waals surface area (Å²) in [5, 5.41) is 3.51. The fraction of sp³-hybridized carbons (Fsp3) is 0.375. The van der Waals surface area contributed by atoms with Crippen molar-refractivity contribution in [1.82, 2.24) is 15.3 Å². The summed E-state index contributed by atoms with van der Waals surface area (Å²) in [7, 11) is 1.62. The number of hydrogen-bond donors (Lipinski definition) is 1. The number of rotatable bonds is 7. The van der Waals surface area contributed by atoms with Crippen molar-refractivity contribution in [2.45, 2.75) is 24.3 Å².